The van der Waals surface area contributed by atoms with E-state index in [1.165, 1.54) is 43.5 Å². The molecule has 1 fully saturated rings. The van der Waals surface area contributed by atoms with Gasteiger partial charge in [0.15, 0.2) is 10.9 Å². The van der Waals surface area contributed by atoms with Gasteiger partial charge in [-0.05, 0) is 43.3 Å². The first kappa shape index (κ1) is 21.7. The minimum absolute atomic E-state index is 0.0368. The van der Waals surface area contributed by atoms with Crippen LogP contribution < -0.4 is 14.9 Å². The van der Waals surface area contributed by atoms with E-state index in [0.29, 0.717) is 16.9 Å². The molecular weight excluding hydrogens is 452 g/mol. The highest BCUT2D eigenvalue weighted by atomic mass is 32.2. The van der Waals surface area contributed by atoms with E-state index in [2.05, 4.69) is 15.0 Å². The van der Waals surface area contributed by atoms with Gasteiger partial charge in [0.05, 0.1) is 17.0 Å². The normalized spacial score (nSPS) is 16.3. The van der Waals surface area contributed by atoms with Gasteiger partial charge >= 0.3 is 0 Å². The molecule has 11 heteroatoms. The number of aromatic nitrogens is 1. The van der Waals surface area contributed by atoms with Gasteiger partial charge in [-0.15, -0.1) is 11.3 Å². The number of sulfonamides is 1. The van der Waals surface area contributed by atoms with Crippen molar-refractivity contribution in [1.82, 2.24) is 4.98 Å². The van der Waals surface area contributed by atoms with Crippen LogP contribution in [0.4, 0.5) is 16.5 Å². The Morgan fingerprint density at radius 1 is 1.16 bits per heavy atom. The standard InChI is InChI=1S/C21H18N4O5S2/c1-13(26)14-3-2-4-16(11-14)25-19(27)12-18(20(25)28)23-15-5-7-17(8-6-15)32(29,30)24-21-22-9-10-31-21/h2-11,18,23H,12H2,1H3,(H,22,24)/t18-/m0/s1. The lowest BCUT2D eigenvalue weighted by atomic mass is 10.1. The van der Waals surface area contributed by atoms with Crippen LogP contribution in [0.2, 0.25) is 0 Å². The molecule has 32 heavy (non-hydrogen) atoms. The second kappa shape index (κ2) is 8.52. The van der Waals surface area contributed by atoms with Gasteiger partial charge in [-0.3, -0.25) is 19.1 Å². The molecule has 9 nitrogen and oxygen atoms in total. The van der Waals surface area contributed by atoms with Crippen molar-refractivity contribution in [2.75, 3.05) is 14.9 Å². The highest BCUT2D eigenvalue weighted by Gasteiger charge is 2.39. The van der Waals surface area contributed by atoms with Crippen molar-refractivity contribution in [2.24, 2.45) is 0 Å². The Morgan fingerprint density at radius 2 is 1.91 bits per heavy atom. The fraction of sp³-hybridized carbons (Fsp3) is 0.143. The average Bonchev–Trinajstić information content (AvgIpc) is 3.35. The topological polar surface area (TPSA) is 126 Å². The zero-order chi connectivity index (χ0) is 22.9. The molecule has 2 amide bonds. The van der Waals surface area contributed by atoms with Crippen LogP contribution in [0.15, 0.2) is 65.0 Å². The SMILES string of the molecule is CC(=O)c1cccc(N2C(=O)C[C@H](Nc3ccc(S(=O)(=O)Nc4nccs4)cc3)C2=O)c1. The summed E-state index contributed by atoms with van der Waals surface area (Å²) in [5.41, 5.74) is 1.23. The third-order valence-electron chi connectivity index (χ3n) is 4.82. The van der Waals surface area contributed by atoms with Gasteiger partial charge in [0.2, 0.25) is 5.91 Å². The van der Waals surface area contributed by atoms with Crippen molar-refractivity contribution < 1.29 is 22.8 Å². The summed E-state index contributed by atoms with van der Waals surface area (Å²) in [6.07, 6.45) is 1.43. The average molecular weight is 471 g/mol. The lowest BCUT2D eigenvalue weighted by molar-refractivity contribution is -0.121. The molecule has 0 saturated carbocycles. The molecule has 1 aromatic heterocycles. The van der Waals surface area contributed by atoms with Gasteiger partial charge in [-0.25, -0.2) is 18.3 Å². The number of imide groups is 1. The van der Waals surface area contributed by atoms with Crippen molar-refractivity contribution in [3.63, 3.8) is 0 Å². The molecule has 1 saturated heterocycles. The smallest absolute Gasteiger partial charge is 0.263 e. The number of nitrogens with zero attached hydrogens (tertiary/aromatic N) is 2. The van der Waals surface area contributed by atoms with Crippen molar-refractivity contribution in [2.45, 2.75) is 24.3 Å². The predicted molar refractivity (Wildman–Crippen MR) is 120 cm³/mol. The fourth-order valence-electron chi connectivity index (χ4n) is 3.26. The fourth-order valence-corrected chi connectivity index (χ4v) is 5.05. The number of amides is 2. The Hall–Kier alpha value is -3.57. The monoisotopic (exact) mass is 470 g/mol. The molecule has 1 atom stereocenters. The van der Waals surface area contributed by atoms with E-state index in [0.717, 1.165) is 16.2 Å². The number of thiazole rings is 1. The van der Waals surface area contributed by atoms with Gasteiger partial charge in [0.25, 0.3) is 15.9 Å². The first-order chi connectivity index (χ1) is 15.2. The summed E-state index contributed by atoms with van der Waals surface area (Å²) in [6, 6.07) is 11.4. The summed E-state index contributed by atoms with van der Waals surface area (Å²) < 4.78 is 27.2. The maximum absolute atomic E-state index is 12.9. The number of rotatable bonds is 7. The maximum atomic E-state index is 12.9. The number of carbonyl (C=O) groups excluding carboxylic acids is 3. The summed E-state index contributed by atoms with van der Waals surface area (Å²) in [5.74, 6) is -1.00. The largest absolute Gasteiger partial charge is 0.373 e. The van der Waals surface area contributed by atoms with E-state index in [-0.39, 0.29) is 28.1 Å². The van der Waals surface area contributed by atoms with Crippen molar-refractivity contribution in [1.29, 1.82) is 0 Å². The van der Waals surface area contributed by atoms with Gasteiger partial charge in [-0.2, -0.15) is 0 Å². The van der Waals surface area contributed by atoms with E-state index >= 15 is 0 Å². The van der Waals surface area contributed by atoms with Crippen LogP contribution in [0, 0.1) is 0 Å². The zero-order valence-corrected chi connectivity index (χ0v) is 18.4. The minimum atomic E-state index is -3.79. The molecule has 0 spiro atoms. The van der Waals surface area contributed by atoms with E-state index < -0.39 is 22.0 Å². The van der Waals surface area contributed by atoms with E-state index in [4.69, 9.17) is 0 Å². The van der Waals surface area contributed by atoms with Crippen molar-refractivity contribution in [3.05, 3.63) is 65.7 Å². The second-order valence-corrected chi connectivity index (χ2v) is 9.62. The molecule has 1 aliphatic rings. The number of hydrogen-bond acceptors (Lipinski definition) is 8. The predicted octanol–water partition coefficient (Wildman–Crippen LogP) is 2.89. The van der Waals surface area contributed by atoms with Crippen molar-refractivity contribution in [3.8, 4) is 0 Å². The summed E-state index contributed by atoms with van der Waals surface area (Å²) in [7, 11) is -3.79. The molecule has 0 bridgehead atoms. The number of benzene rings is 2. The Balaban J connectivity index is 1.48. The molecule has 1 aliphatic heterocycles. The quantitative estimate of drug-likeness (QED) is 0.402. The summed E-state index contributed by atoms with van der Waals surface area (Å²) in [5, 5.41) is 4.90. The first-order valence-electron chi connectivity index (χ1n) is 9.51. The molecule has 2 N–H and O–H groups in total. The van der Waals surface area contributed by atoms with Crippen molar-refractivity contribution >= 4 is 55.5 Å². The van der Waals surface area contributed by atoms with Crippen LogP contribution in [0.25, 0.3) is 0 Å². The minimum Gasteiger partial charge on any atom is -0.373 e. The third-order valence-corrected chi connectivity index (χ3v) is 6.99. The van der Waals surface area contributed by atoms with E-state index in [1.54, 1.807) is 23.6 Å². The Morgan fingerprint density at radius 3 is 2.56 bits per heavy atom. The molecule has 4 rings (SSSR count). The number of Topliss-reactive ketones (excluding diaryl/α,β-unsaturated/α-hetero) is 1. The lowest BCUT2D eigenvalue weighted by Crippen LogP contribution is -2.34. The van der Waals surface area contributed by atoms with Crippen LogP contribution in [0.5, 0.6) is 0 Å². The second-order valence-electron chi connectivity index (χ2n) is 7.04. The first-order valence-corrected chi connectivity index (χ1v) is 11.9. The van der Waals surface area contributed by atoms with Crippen LogP contribution in [-0.2, 0) is 19.6 Å². The van der Waals surface area contributed by atoms with Gasteiger partial charge in [0, 0.05) is 22.8 Å². The van der Waals surface area contributed by atoms with Crippen LogP contribution in [-0.4, -0.2) is 37.0 Å². The third kappa shape index (κ3) is 4.39. The zero-order valence-electron chi connectivity index (χ0n) is 16.8. The highest BCUT2D eigenvalue weighted by molar-refractivity contribution is 7.93. The molecule has 2 aromatic carbocycles. The molecule has 0 aliphatic carbocycles. The van der Waals surface area contributed by atoms with Crippen LogP contribution >= 0.6 is 11.3 Å². The number of anilines is 3. The molecular formula is C21H18N4O5S2. The Bertz CT molecular complexity index is 1290. The van der Waals surface area contributed by atoms with E-state index in [9.17, 15) is 22.8 Å². The van der Waals surface area contributed by atoms with Crippen LogP contribution in [0.3, 0.4) is 0 Å². The van der Waals surface area contributed by atoms with Gasteiger partial charge in [0.1, 0.15) is 6.04 Å². The molecule has 0 radical (unpaired) electrons. The molecule has 3 aromatic rings. The highest BCUT2D eigenvalue weighted by Crippen LogP contribution is 2.26. The molecule has 164 valence electrons. The number of nitrogens with one attached hydrogen (secondary N) is 2. The maximum Gasteiger partial charge on any atom is 0.263 e. The van der Waals surface area contributed by atoms with E-state index in [1.807, 2.05) is 0 Å². The molecule has 2 heterocycles. The summed E-state index contributed by atoms with van der Waals surface area (Å²) in [6.45, 7) is 1.41. The summed E-state index contributed by atoms with van der Waals surface area (Å²) >= 11 is 1.16. The van der Waals surface area contributed by atoms with Gasteiger partial charge in [-0.1, -0.05) is 12.1 Å². The summed E-state index contributed by atoms with van der Waals surface area (Å²) in [4.78, 5) is 42.0. The number of carbonyl (C=O) groups is 3. The molecule has 0 unspecified atom stereocenters. The Labute approximate surface area is 188 Å². The van der Waals surface area contributed by atoms with Gasteiger partial charge < -0.3 is 5.32 Å². The lowest BCUT2D eigenvalue weighted by Gasteiger charge is -2.17. The Kier molecular flexibility index (Phi) is 5.76. The van der Waals surface area contributed by atoms with Crippen LogP contribution in [0.1, 0.15) is 23.7 Å². The number of ketones is 1. The number of hydrogen-bond donors (Lipinski definition) is 2.